The highest BCUT2D eigenvalue weighted by molar-refractivity contribution is 6.22. The Kier molecular flexibility index (Phi) is 7.61. The quantitative estimate of drug-likeness (QED) is 0.194. The van der Waals surface area contributed by atoms with Gasteiger partial charge in [-0.2, -0.15) is 0 Å². The SMILES string of the molecule is N=[N+]=N.OCCOCCO.c1cc2ccc3cccc4ccc(c1)c2c34. The lowest BCUT2D eigenvalue weighted by Crippen LogP contribution is -2.03. The Morgan fingerprint density at radius 1 is 0.654 bits per heavy atom. The predicted octanol–water partition coefficient (Wildman–Crippen LogP) is 3.69. The van der Waals surface area contributed by atoms with E-state index in [1.54, 1.807) is 0 Å². The van der Waals surface area contributed by atoms with Crippen molar-refractivity contribution in [2.75, 3.05) is 26.4 Å². The predicted molar refractivity (Wildman–Crippen MR) is 103 cm³/mol. The van der Waals surface area contributed by atoms with Gasteiger partial charge >= 0.3 is 0 Å². The molecule has 4 N–H and O–H groups in total. The molecule has 4 aromatic carbocycles. The number of aliphatic hydroxyl groups is 2. The molecule has 26 heavy (non-hydrogen) atoms. The summed E-state index contributed by atoms with van der Waals surface area (Å²) in [7, 11) is 0. The summed E-state index contributed by atoms with van der Waals surface area (Å²) in [5, 5.41) is 24.3. The van der Waals surface area contributed by atoms with E-state index < -0.39 is 0 Å². The molecule has 6 heteroatoms. The van der Waals surface area contributed by atoms with E-state index in [1.165, 1.54) is 32.3 Å². The highest BCUT2D eigenvalue weighted by Gasteiger charge is 2.05. The summed E-state index contributed by atoms with van der Waals surface area (Å²) in [6, 6.07) is 21.9. The van der Waals surface area contributed by atoms with Gasteiger partial charge in [0.05, 0.1) is 26.4 Å². The maximum Gasteiger partial charge on any atom is 0.211 e. The second kappa shape index (κ2) is 10.2. The monoisotopic (exact) mass is 352 g/mol. The van der Waals surface area contributed by atoms with Crippen molar-refractivity contribution in [2.45, 2.75) is 0 Å². The Morgan fingerprint density at radius 3 is 1.23 bits per heavy atom. The molecule has 4 rings (SSSR count). The maximum atomic E-state index is 8.09. The van der Waals surface area contributed by atoms with Crippen LogP contribution in [-0.4, -0.2) is 36.6 Å². The van der Waals surface area contributed by atoms with E-state index in [-0.39, 0.29) is 13.2 Å². The van der Waals surface area contributed by atoms with Crippen LogP contribution < -0.4 is 4.91 Å². The van der Waals surface area contributed by atoms with Gasteiger partial charge in [0.2, 0.25) is 4.91 Å². The Labute approximate surface area is 151 Å². The molecule has 6 nitrogen and oxygen atoms in total. The lowest BCUT2D eigenvalue weighted by molar-refractivity contribution is 0.0650. The highest BCUT2D eigenvalue weighted by Crippen LogP contribution is 2.33. The summed E-state index contributed by atoms with van der Waals surface area (Å²) in [5.41, 5.74) is 11.0. The summed E-state index contributed by atoms with van der Waals surface area (Å²) in [6.45, 7) is 0.696. The van der Waals surface area contributed by atoms with Crippen LogP contribution in [-0.2, 0) is 4.74 Å². The van der Waals surface area contributed by atoms with Gasteiger partial charge in [-0.25, -0.2) is 0 Å². The summed E-state index contributed by atoms with van der Waals surface area (Å²) in [5.74, 6) is 0. The molecule has 0 aromatic heterocycles. The fourth-order valence-corrected chi connectivity index (χ4v) is 2.90. The first-order valence-electron chi connectivity index (χ1n) is 8.22. The van der Waals surface area contributed by atoms with Crippen LogP contribution in [0.3, 0.4) is 0 Å². The molecule has 0 radical (unpaired) electrons. The van der Waals surface area contributed by atoms with Gasteiger partial charge in [-0.15, -0.1) is 0 Å². The van der Waals surface area contributed by atoms with Gasteiger partial charge < -0.3 is 14.9 Å². The third-order valence-corrected chi connectivity index (χ3v) is 3.86. The first kappa shape index (κ1) is 19.4. The third kappa shape index (κ3) is 4.59. The first-order chi connectivity index (χ1) is 12.8. The molecular weight excluding hydrogens is 330 g/mol. The van der Waals surface area contributed by atoms with Gasteiger partial charge in [0, 0.05) is 0 Å². The Morgan fingerprint density at radius 2 is 0.962 bits per heavy atom. The second-order valence-corrected chi connectivity index (χ2v) is 5.46. The zero-order chi connectivity index (χ0) is 18.8. The number of aliphatic hydroxyl groups excluding tert-OH is 2. The molecule has 0 heterocycles. The van der Waals surface area contributed by atoms with Gasteiger partial charge in [0.15, 0.2) is 0 Å². The van der Waals surface area contributed by atoms with E-state index in [0.717, 1.165) is 0 Å². The highest BCUT2D eigenvalue weighted by atomic mass is 16.5. The van der Waals surface area contributed by atoms with Gasteiger partial charge in [-0.05, 0) is 32.3 Å². The van der Waals surface area contributed by atoms with Crippen molar-refractivity contribution in [3.05, 3.63) is 60.7 Å². The van der Waals surface area contributed by atoms with Crippen LogP contribution in [0, 0.1) is 11.1 Å². The van der Waals surface area contributed by atoms with E-state index in [9.17, 15) is 0 Å². The Hall–Kier alpha value is -2.89. The fourth-order valence-electron chi connectivity index (χ4n) is 2.90. The van der Waals surface area contributed by atoms with Crippen molar-refractivity contribution < 1.29 is 14.9 Å². The van der Waals surface area contributed by atoms with Crippen molar-refractivity contribution >= 4 is 32.3 Å². The molecule has 4 aromatic rings. The largest absolute Gasteiger partial charge is 0.394 e. The molecule has 0 fully saturated rings. The smallest absolute Gasteiger partial charge is 0.211 e. The Balaban J connectivity index is 0.000000207. The second-order valence-electron chi connectivity index (χ2n) is 5.46. The normalized spacial score (nSPS) is 10.1. The van der Waals surface area contributed by atoms with Gasteiger partial charge in [-0.1, -0.05) is 60.7 Å². The summed E-state index contributed by atoms with van der Waals surface area (Å²) >= 11 is 0. The summed E-state index contributed by atoms with van der Waals surface area (Å²) in [6.07, 6.45) is 0. The lowest BCUT2D eigenvalue weighted by atomic mass is 9.95. The molecule has 0 aliphatic carbocycles. The van der Waals surface area contributed by atoms with Crippen molar-refractivity contribution in [1.82, 2.24) is 4.91 Å². The molecule has 0 atom stereocenters. The number of benzene rings is 4. The molecule has 134 valence electrons. The average Bonchev–Trinajstić information content (AvgIpc) is 2.68. The molecule has 0 amide bonds. The number of ether oxygens (including phenoxy) is 1. The minimum atomic E-state index is 0.0278. The van der Waals surface area contributed by atoms with Crippen molar-refractivity contribution in [3.8, 4) is 0 Å². The number of nitrogens with zero attached hydrogens (tertiary/aromatic N) is 1. The van der Waals surface area contributed by atoms with Crippen LogP contribution in [0.2, 0.25) is 0 Å². The van der Waals surface area contributed by atoms with Gasteiger partial charge in [0.1, 0.15) is 11.1 Å². The van der Waals surface area contributed by atoms with E-state index >= 15 is 0 Å². The first-order valence-corrected chi connectivity index (χ1v) is 8.22. The van der Waals surface area contributed by atoms with Crippen LogP contribution in [0.5, 0.6) is 0 Å². The van der Waals surface area contributed by atoms with Crippen LogP contribution in [0.25, 0.3) is 32.3 Å². The van der Waals surface area contributed by atoms with Gasteiger partial charge in [0.25, 0.3) is 0 Å². The molecule has 0 saturated heterocycles. The minimum Gasteiger partial charge on any atom is -0.394 e. The molecule has 0 aliphatic rings. The molecule has 0 spiro atoms. The van der Waals surface area contributed by atoms with Crippen molar-refractivity contribution in [3.63, 3.8) is 0 Å². The molecular formula is C20H22N3O3+. The zero-order valence-corrected chi connectivity index (χ0v) is 14.4. The summed E-state index contributed by atoms with van der Waals surface area (Å²) in [4.78, 5) is 2.00. The van der Waals surface area contributed by atoms with Crippen LogP contribution in [0.15, 0.2) is 60.7 Å². The zero-order valence-electron chi connectivity index (χ0n) is 14.4. The van der Waals surface area contributed by atoms with Gasteiger partial charge in [-0.3, -0.25) is 0 Å². The van der Waals surface area contributed by atoms with Crippen molar-refractivity contribution in [1.29, 1.82) is 11.1 Å². The van der Waals surface area contributed by atoms with E-state index in [4.69, 9.17) is 21.3 Å². The van der Waals surface area contributed by atoms with Crippen LogP contribution in [0.1, 0.15) is 0 Å². The van der Waals surface area contributed by atoms with Crippen LogP contribution in [0.4, 0.5) is 0 Å². The third-order valence-electron chi connectivity index (χ3n) is 3.86. The topological polar surface area (TPSA) is 111 Å². The number of hydrogen-bond donors (Lipinski definition) is 4. The van der Waals surface area contributed by atoms with E-state index in [1.807, 2.05) is 4.91 Å². The number of hydrogen-bond acceptors (Lipinski definition) is 5. The Bertz CT molecular complexity index is 848. The number of rotatable bonds is 4. The molecule has 0 saturated carbocycles. The lowest BCUT2D eigenvalue weighted by Gasteiger charge is -2.09. The molecule has 0 bridgehead atoms. The van der Waals surface area contributed by atoms with E-state index in [0.29, 0.717) is 13.2 Å². The average molecular weight is 352 g/mol. The molecule has 0 aliphatic heterocycles. The summed E-state index contributed by atoms with van der Waals surface area (Å²) < 4.78 is 4.63. The van der Waals surface area contributed by atoms with E-state index in [2.05, 4.69) is 65.4 Å². The maximum absolute atomic E-state index is 8.09. The number of nitrogens with one attached hydrogen (secondary N) is 2. The standard InChI is InChI=1S/C16H10.C4H10O3.H2N3/c1-3-11-7-9-13-5-2-6-14-10-8-12(4-1)15(11)16(13)14;5-1-3-7-4-2-6;1-3-2/h1-10H;5-6H,1-4H2;1-2H/q;;+1. The minimum absolute atomic E-state index is 0.0278. The molecule has 0 unspecified atom stereocenters. The fraction of sp³-hybridized carbons (Fsp3) is 0.200. The van der Waals surface area contributed by atoms with Crippen LogP contribution >= 0.6 is 0 Å². The van der Waals surface area contributed by atoms with Crippen molar-refractivity contribution in [2.24, 2.45) is 0 Å².